The maximum atomic E-state index is 12.1. The molecule has 0 bridgehead atoms. The smallest absolute Gasteiger partial charge is 0.321 e. The Bertz CT molecular complexity index is 779. The maximum absolute atomic E-state index is 12.1. The second kappa shape index (κ2) is 9.28. The molecule has 0 aliphatic rings. The number of benzene rings is 2. The minimum Gasteiger partial charge on any atom is -0.480 e. The molecule has 0 fully saturated rings. The van der Waals surface area contributed by atoms with E-state index in [1.165, 1.54) is 24.3 Å². The number of non-ortho nitro benzene ring substituents is 1. The molecule has 0 saturated carbocycles. The standard InChI is InChI=1S/C18H19N3O5/c22-17(20-14-7-4-8-15(11-14)21(25)26)12-16(18(23)24)19-10-9-13-5-2-1-3-6-13/h1-8,11,16,19H,9-10,12H2,(H,20,22)(H,23,24). The number of nitrogens with one attached hydrogen (secondary N) is 2. The zero-order valence-electron chi connectivity index (χ0n) is 13.9. The topological polar surface area (TPSA) is 122 Å². The lowest BCUT2D eigenvalue weighted by Gasteiger charge is -2.14. The maximum Gasteiger partial charge on any atom is 0.321 e. The highest BCUT2D eigenvalue weighted by atomic mass is 16.6. The zero-order chi connectivity index (χ0) is 18.9. The van der Waals surface area contributed by atoms with Gasteiger partial charge in [-0.3, -0.25) is 19.7 Å². The summed E-state index contributed by atoms with van der Waals surface area (Å²) < 4.78 is 0. The molecule has 2 rings (SSSR count). The van der Waals surface area contributed by atoms with E-state index >= 15 is 0 Å². The number of carboxylic acid groups (broad SMARTS) is 1. The van der Waals surface area contributed by atoms with Crippen LogP contribution in [0, 0.1) is 10.1 Å². The molecule has 0 aromatic heterocycles. The van der Waals surface area contributed by atoms with Gasteiger partial charge in [-0.2, -0.15) is 0 Å². The Labute approximate surface area is 150 Å². The van der Waals surface area contributed by atoms with E-state index in [1.54, 1.807) is 0 Å². The molecule has 1 amide bonds. The molecule has 2 aromatic rings. The first-order chi connectivity index (χ1) is 12.5. The highest BCUT2D eigenvalue weighted by Gasteiger charge is 2.21. The van der Waals surface area contributed by atoms with Crippen LogP contribution in [0.3, 0.4) is 0 Å². The Balaban J connectivity index is 1.88. The van der Waals surface area contributed by atoms with Crippen LogP contribution in [0.2, 0.25) is 0 Å². The van der Waals surface area contributed by atoms with Gasteiger partial charge in [-0.1, -0.05) is 36.4 Å². The van der Waals surface area contributed by atoms with Crippen LogP contribution in [0.15, 0.2) is 54.6 Å². The zero-order valence-corrected chi connectivity index (χ0v) is 13.9. The normalized spacial score (nSPS) is 11.5. The average Bonchev–Trinajstić information content (AvgIpc) is 2.61. The van der Waals surface area contributed by atoms with Gasteiger partial charge in [0.1, 0.15) is 6.04 Å². The lowest BCUT2D eigenvalue weighted by molar-refractivity contribution is -0.384. The molecule has 0 heterocycles. The van der Waals surface area contributed by atoms with Crippen LogP contribution in [0.25, 0.3) is 0 Å². The molecular formula is C18H19N3O5. The third-order valence-electron chi connectivity index (χ3n) is 3.68. The third-order valence-corrected chi connectivity index (χ3v) is 3.68. The van der Waals surface area contributed by atoms with Gasteiger partial charge in [0.15, 0.2) is 0 Å². The van der Waals surface area contributed by atoms with Gasteiger partial charge >= 0.3 is 5.97 Å². The minimum atomic E-state index is -1.13. The summed E-state index contributed by atoms with van der Waals surface area (Å²) in [6, 6.07) is 14.0. The molecule has 0 saturated heterocycles. The van der Waals surface area contributed by atoms with Crippen LogP contribution < -0.4 is 10.6 Å². The van der Waals surface area contributed by atoms with Crippen LogP contribution in [0.1, 0.15) is 12.0 Å². The van der Waals surface area contributed by atoms with Crippen LogP contribution in [0.5, 0.6) is 0 Å². The fourth-order valence-electron chi connectivity index (χ4n) is 2.38. The Kier molecular flexibility index (Phi) is 6.81. The molecule has 136 valence electrons. The fraction of sp³-hybridized carbons (Fsp3) is 0.222. The van der Waals surface area contributed by atoms with Crippen molar-refractivity contribution in [2.75, 3.05) is 11.9 Å². The third kappa shape index (κ3) is 5.99. The van der Waals surface area contributed by atoms with Crippen molar-refractivity contribution in [3.63, 3.8) is 0 Å². The van der Waals surface area contributed by atoms with E-state index in [0.717, 1.165) is 5.56 Å². The Morgan fingerprint density at radius 2 is 1.85 bits per heavy atom. The molecule has 8 heteroatoms. The van der Waals surface area contributed by atoms with Gasteiger partial charge in [0.25, 0.3) is 5.69 Å². The molecule has 0 aliphatic carbocycles. The number of nitrogens with zero attached hydrogens (tertiary/aromatic N) is 1. The summed E-state index contributed by atoms with van der Waals surface area (Å²) in [6.45, 7) is 0.408. The molecule has 8 nitrogen and oxygen atoms in total. The van der Waals surface area contributed by atoms with Gasteiger partial charge in [-0.15, -0.1) is 0 Å². The predicted molar refractivity (Wildman–Crippen MR) is 95.9 cm³/mol. The van der Waals surface area contributed by atoms with Gasteiger partial charge in [-0.05, 0) is 24.6 Å². The van der Waals surface area contributed by atoms with Crippen molar-refractivity contribution in [1.82, 2.24) is 5.32 Å². The molecule has 1 unspecified atom stereocenters. The van der Waals surface area contributed by atoms with Crippen molar-refractivity contribution >= 4 is 23.3 Å². The van der Waals surface area contributed by atoms with Crippen LogP contribution >= 0.6 is 0 Å². The number of nitro groups is 1. The van der Waals surface area contributed by atoms with Gasteiger partial charge < -0.3 is 15.7 Å². The quantitative estimate of drug-likeness (QED) is 0.467. The number of amides is 1. The van der Waals surface area contributed by atoms with Gasteiger partial charge in [-0.25, -0.2) is 0 Å². The lowest BCUT2D eigenvalue weighted by Crippen LogP contribution is -2.40. The first-order valence-electron chi connectivity index (χ1n) is 8.00. The van der Waals surface area contributed by atoms with E-state index in [1.807, 2.05) is 30.3 Å². The number of hydrogen-bond donors (Lipinski definition) is 3. The molecular weight excluding hydrogens is 338 g/mol. The Morgan fingerprint density at radius 1 is 1.12 bits per heavy atom. The summed E-state index contributed by atoms with van der Waals surface area (Å²) in [7, 11) is 0. The molecule has 0 radical (unpaired) electrons. The number of anilines is 1. The fourth-order valence-corrected chi connectivity index (χ4v) is 2.38. The summed E-state index contributed by atoms with van der Waals surface area (Å²) in [5.74, 6) is -1.67. The lowest BCUT2D eigenvalue weighted by atomic mass is 10.1. The van der Waals surface area contributed by atoms with Crippen LogP contribution in [0.4, 0.5) is 11.4 Å². The van der Waals surface area contributed by atoms with Crippen LogP contribution in [-0.4, -0.2) is 34.5 Å². The van der Waals surface area contributed by atoms with Crippen molar-refractivity contribution in [1.29, 1.82) is 0 Å². The van der Waals surface area contributed by atoms with Crippen molar-refractivity contribution < 1.29 is 19.6 Å². The van der Waals surface area contributed by atoms with E-state index in [2.05, 4.69) is 10.6 Å². The second-order valence-corrected chi connectivity index (χ2v) is 5.64. The number of aliphatic carboxylic acids is 1. The van der Waals surface area contributed by atoms with Crippen molar-refractivity contribution in [3.05, 3.63) is 70.3 Å². The van der Waals surface area contributed by atoms with E-state index in [9.17, 15) is 24.8 Å². The summed E-state index contributed by atoms with van der Waals surface area (Å²) >= 11 is 0. The monoisotopic (exact) mass is 357 g/mol. The number of rotatable bonds is 9. The van der Waals surface area contributed by atoms with Gasteiger partial charge in [0.05, 0.1) is 11.3 Å². The number of carbonyl (C=O) groups is 2. The highest BCUT2D eigenvalue weighted by Crippen LogP contribution is 2.17. The first kappa shape index (κ1) is 19.1. The molecule has 3 N–H and O–H groups in total. The van der Waals surface area contributed by atoms with E-state index in [4.69, 9.17) is 0 Å². The number of carbonyl (C=O) groups excluding carboxylic acids is 1. The molecule has 0 aliphatic heterocycles. The van der Waals surface area contributed by atoms with E-state index in [-0.39, 0.29) is 17.8 Å². The van der Waals surface area contributed by atoms with Crippen molar-refractivity contribution in [2.24, 2.45) is 0 Å². The molecule has 2 aromatic carbocycles. The second-order valence-electron chi connectivity index (χ2n) is 5.64. The average molecular weight is 357 g/mol. The molecule has 26 heavy (non-hydrogen) atoms. The van der Waals surface area contributed by atoms with Crippen molar-refractivity contribution in [3.8, 4) is 0 Å². The summed E-state index contributed by atoms with van der Waals surface area (Å²) in [6.07, 6.45) is 0.351. The number of hydrogen-bond acceptors (Lipinski definition) is 5. The molecule has 1 atom stereocenters. The Hall–Kier alpha value is -3.26. The highest BCUT2D eigenvalue weighted by molar-refractivity contribution is 5.94. The minimum absolute atomic E-state index is 0.154. The largest absolute Gasteiger partial charge is 0.480 e. The first-order valence-corrected chi connectivity index (χ1v) is 8.00. The number of carboxylic acids is 1. The number of nitro benzene ring substituents is 1. The molecule has 0 spiro atoms. The predicted octanol–water partition coefficient (Wildman–Crippen LogP) is 2.21. The summed E-state index contributed by atoms with van der Waals surface area (Å²) in [5, 5.41) is 25.3. The van der Waals surface area contributed by atoms with Crippen molar-refractivity contribution in [2.45, 2.75) is 18.9 Å². The van der Waals surface area contributed by atoms with Gasteiger partial charge in [0.2, 0.25) is 5.91 Å². The van der Waals surface area contributed by atoms with Crippen LogP contribution in [-0.2, 0) is 16.0 Å². The summed E-state index contributed by atoms with van der Waals surface area (Å²) in [4.78, 5) is 33.6. The van der Waals surface area contributed by atoms with E-state index in [0.29, 0.717) is 13.0 Å². The van der Waals surface area contributed by atoms with E-state index < -0.39 is 22.8 Å². The SMILES string of the molecule is O=C(CC(NCCc1ccccc1)C(=O)O)Nc1cccc([N+](=O)[O-])c1. The summed E-state index contributed by atoms with van der Waals surface area (Å²) in [5.41, 5.74) is 1.15. The van der Waals surface area contributed by atoms with Gasteiger partial charge in [0, 0.05) is 17.8 Å². The Morgan fingerprint density at radius 3 is 2.50 bits per heavy atom.